The van der Waals surface area contributed by atoms with Crippen LogP contribution in [0, 0.1) is 0 Å². The summed E-state index contributed by atoms with van der Waals surface area (Å²) in [5.74, 6) is -0.279. The van der Waals surface area contributed by atoms with Crippen LogP contribution in [0.15, 0.2) is 36.5 Å². The minimum atomic E-state index is -0.279. The second-order valence-corrected chi connectivity index (χ2v) is 3.24. The number of anilines is 1. The number of rotatable bonds is 3. The molecule has 2 rings (SSSR count). The lowest BCUT2D eigenvalue weighted by molar-refractivity contribution is 0.102. The Hall–Kier alpha value is -2.14. The Morgan fingerprint density at radius 1 is 1.38 bits per heavy atom. The molecule has 0 unspecified atom stereocenters. The predicted octanol–water partition coefficient (Wildman–Crippen LogP) is 1.15. The first-order chi connectivity index (χ1) is 7.81. The Morgan fingerprint density at radius 2 is 2.19 bits per heavy atom. The quantitative estimate of drug-likeness (QED) is 0.721. The van der Waals surface area contributed by atoms with Crippen molar-refractivity contribution in [2.24, 2.45) is 0 Å². The van der Waals surface area contributed by atoms with Crippen LogP contribution in [0.2, 0.25) is 0 Å². The van der Waals surface area contributed by atoms with Crippen molar-refractivity contribution in [1.82, 2.24) is 10.2 Å². The van der Waals surface area contributed by atoms with Crippen molar-refractivity contribution in [3.05, 3.63) is 47.8 Å². The molecule has 0 aliphatic heterocycles. The third-order valence-corrected chi connectivity index (χ3v) is 2.18. The van der Waals surface area contributed by atoms with Gasteiger partial charge < -0.3 is 10.4 Å². The predicted molar refractivity (Wildman–Crippen MR) is 58.9 cm³/mol. The van der Waals surface area contributed by atoms with Gasteiger partial charge in [-0.25, -0.2) is 0 Å². The van der Waals surface area contributed by atoms with Crippen LogP contribution in [0.1, 0.15) is 16.1 Å². The zero-order valence-corrected chi connectivity index (χ0v) is 8.47. The second kappa shape index (κ2) is 4.59. The number of para-hydroxylation sites is 1. The number of aromatic nitrogens is 2. The molecule has 0 saturated heterocycles. The van der Waals surface area contributed by atoms with Crippen molar-refractivity contribution in [2.45, 2.75) is 6.61 Å². The Labute approximate surface area is 92.1 Å². The van der Waals surface area contributed by atoms with E-state index in [-0.39, 0.29) is 12.5 Å². The molecule has 16 heavy (non-hydrogen) atoms. The molecular formula is C11H11N3O2. The van der Waals surface area contributed by atoms with Crippen LogP contribution in [0.25, 0.3) is 0 Å². The van der Waals surface area contributed by atoms with Gasteiger partial charge in [-0.3, -0.25) is 9.89 Å². The lowest BCUT2D eigenvalue weighted by Crippen LogP contribution is -2.13. The number of nitrogens with one attached hydrogen (secondary N) is 2. The molecule has 3 N–H and O–H groups in total. The fourth-order valence-corrected chi connectivity index (χ4v) is 1.35. The maximum atomic E-state index is 11.7. The number of hydrogen-bond acceptors (Lipinski definition) is 3. The van der Waals surface area contributed by atoms with Crippen molar-refractivity contribution < 1.29 is 9.90 Å². The number of aliphatic hydroxyl groups is 1. The Kier molecular flexibility index (Phi) is 2.98. The number of aliphatic hydroxyl groups excluding tert-OH is 1. The molecule has 0 atom stereocenters. The van der Waals surface area contributed by atoms with Crippen molar-refractivity contribution in [3.63, 3.8) is 0 Å². The smallest absolute Gasteiger partial charge is 0.273 e. The van der Waals surface area contributed by atoms with Gasteiger partial charge in [0.25, 0.3) is 5.91 Å². The number of amides is 1. The fraction of sp³-hybridized carbons (Fsp3) is 0.0909. The van der Waals surface area contributed by atoms with Gasteiger partial charge in [-0.1, -0.05) is 18.2 Å². The average Bonchev–Trinajstić information content (AvgIpc) is 2.83. The van der Waals surface area contributed by atoms with Crippen molar-refractivity contribution in [2.75, 3.05) is 5.32 Å². The Bertz CT molecular complexity index is 480. The summed E-state index contributed by atoms with van der Waals surface area (Å²) >= 11 is 0. The zero-order valence-electron chi connectivity index (χ0n) is 8.47. The van der Waals surface area contributed by atoms with Crippen LogP contribution in [0.4, 0.5) is 5.69 Å². The van der Waals surface area contributed by atoms with E-state index in [1.807, 2.05) is 0 Å². The molecule has 0 bridgehead atoms. The van der Waals surface area contributed by atoms with Crippen molar-refractivity contribution in [1.29, 1.82) is 0 Å². The molecule has 1 aromatic carbocycles. The molecule has 2 aromatic rings. The third kappa shape index (κ3) is 2.09. The standard InChI is InChI=1S/C11H11N3O2/c15-7-8-3-1-2-4-9(8)13-11(16)10-5-6-12-14-10/h1-6,15H,7H2,(H,12,14)(H,13,16). The van der Waals surface area contributed by atoms with E-state index >= 15 is 0 Å². The van der Waals surface area contributed by atoms with Crippen molar-refractivity contribution in [3.8, 4) is 0 Å². The maximum absolute atomic E-state index is 11.7. The molecule has 1 heterocycles. The van der Waals surface area contributed by atoms with E-state index in [1.54, 1.807) is 30.3 Å². The lowest BCUT2D eigenvalue weighted by atomic mass is 10.2. The van der Waals surface area contributed by atoms with Crippen LogP contribution >= 0.6 is 0 Å². The SMILES string of the molecule is O=C(Nc1ccccc1CO)c1ccn[nH]1. The highest BCUT2D eigenvalue weighted by molar-refractivity contribution is 6.03. The van der Waals surface area contributed by atoms with Crippen molar-refractivity contribution >= 4 is 11.6 Å². The van der Waals surface area contributed by atoms with Gasteiger partial charge in [0.1, 0.15) is 5.69 Å². The van der Waals surface area contributed by atoms with Gasteiger partial charge in [0, 0.05) is 17.4 Å². The molecule has 0 saturated carbocycles. The maximum Gasteiger partial charge on any atom is 0.273 e. The largest absolute Gasteiger partial charge is 0.392 e. The fourth-order valence-electron chi connectivity index (χ4n) is 1.35. The lowest BCUT2D eigenvalue weighted by Gasteiger charge is -2.07. The molecule has 0 spiro atoms. The molecule has 0 aliphatic rings. The molecule has 5 heteroatoms. The van der Waals surface area contributed by atoms with Gasteiger partial charge in [-0.2, -0.15) is 5.10 Å². The van der Waals surface area contributed by atoms with Crippen LogP contribution in [0.5, 0.6) is 0 Å². The van der Waals surface area contributed by atoms with E-state index in [2.05, 4.69) is 15.5 Å². The summed E-state index contributed by atoms with van der Waals surface area (Å²) in [7, 11) is 0. The zero-order chi connectivity index (χ0) is 11.4. The summed E-state index contributed by atoms with van der Waals surface area (Å²) in [6.45, 7) is -0.112. The summed E-state index contributed by atoms with van der Waals surface area (Å²) in [6.07, 6.45) is 1.51. The highest BCUT2D eigenvalue weighted by atomic mass is 16.3. The van der Waals surface area contributed by atoms with Gasteiger partial charge >= 0.3 is 0 Å². The molecule has 0 aliphatic carbocycles. The number of hydrogen-bond donors (Lipinski definition) is 3. The average molecular weight is 217 g/mol. The monoisotopic (exact) mass is 217 g/mol. The van der Waals surface area contributed by atoms with Crippen LogP contribution in [-0.4, -0.2) is 21.2 Å². The molecule has 1 aromatic heterocycles. The first-order valence-corrected chi connectivity index (χ1v) is 4.81. The second-order valence-electron chi connectivity index (χ2n) is 3.24. The normalized spacial score (nSPS) is 10.1. The molecule has 0 fully saturated rings. The summed E-state index contributed by atoms with van der Waals surface area (Å²) in [4.78, 5) is 11.7. The third-order valence-electron chi connectivity index (χ3n) is 2.18. The highest BCUT2D eigenvalue weighted by Crippen LogP contribution is 2.15. The van der Waals surface area contributed by atoms with Crippen LogP contribution < -0.4 is 5.32 Å². The van der Waals surface area contributed by atoms with E-state index in [9.17, 15) is 4.79 Å². The topological polar surface area (TPSA) is 78.0 Å². The van der Waals surface area contributed by atoms with E-state index in [4.69, 9.17) is 5.11 Å². The molecular weight excluding hydrogens is 206 g/mol. The van der Waals surface area contributed by atoms with E-state index < -0.39 is 0 Å². The number of aromatic amines is 1. The van der Waals surface area contributed by atoms with Crippen LogP contribution in [-0.2, 0) is 6.61 Å². The minimum absolute atomic E-state index is 0.112. The first-order valence-electron chi connectivity index (χ1n) is 4.81. The minimum Gasteiger partial charge on any atom is -0.392 e. The highest BCUT2D eigenvalue weighted by Gasteiger charge is 2.08. The van der Waals surface area contributed by atoms with Gasteiger partial charge in [-0.15, -0.1) is 0 Å². The van der Waals surface area contributed by atoms with Gasteiger partial charge in [0.2, 0.25) is 0 Å². The summed E-state index contributed by atoms with van der Waals surface area (Å²) in [5.41, 5.74) is 1.66. The van der Waals surface area contributed by atoms with E-state index in [0.717, 1.165) is 0 Å². The first kappa shape index (κ1) is 10.4. The number of carbonyl (C=O) groups excluding carboxylic acids is 1. The van der Waals surface area contributed by atoms with Gasteiger partial charge in [0.15, 0.2) is 0 Å². The van der Waals surface area contributed by atoms with Crippen LogP contribution in [0.3, 0.4) is 0 Å². The number of nitrogens with zero attached hydrogens (tertiary/aromatic N) is 1. The Balaban J connectivity index is 2.18. The molecule has 1 amide bonds. The number of benzene rings is 1. The summed E-state index contributed by atoms with van der Waals surface area (Å²) < 4.78 is 0. The molecule has 0 radical (unpaired) electrons. The molecule has 82 valence electrons. The summed E-state index contributed by atoms with van der Waals surface area (Å²) in [6, 6.07) is 8.67. The molecule has 5 nitrogen and oxygen atoms in total. The van der Waals surface area contributed by atoms with Gasteiger partial charge in [-0.05, 0) is 12.1 Å². The van der Waals surface area contributed by atoms with Gasteiger partial charge in [0.05, 0.1) is 6.61 Å². The van der Waals surface area contributed by atoms with E-state index in [1.165, 1.54) is 6.20 Å². The number of carbonyl (C=O) groups is 1. The number of H-pyrrole nitrogens is 1. The van der Waals surface area contributed by atoms with E-state index in [0.29, 0.717) is 16.9 Å². The Morgan fingerprint density at radius 3 is 2.88 bits per heavy atom. The summed E-state index contributed by atoms with van der Waals surface area (Å²) in [5, 5.41) is 18.0.